The molecule has 0 atom stereocenters. The van der Waals surface area contributed by atoms with Crippen LogP contribution >= 0.6 is 0 Å². The average Bonchev–Trinajstić information content (AvgIpc) is 2.58. The summed E-state index contributed by atoms with van der Waals surface area (Å²) in [6.07, 6.45) is 0.289. The van der Waals surface area contributed by atoms with Gasteiger partial charge in [-0.2, -0.15) is 0 Å². The summed E-state index contributed by atoms with van der Waals surface area (Å²) in [5.41, 5.74) is 2.49. The van der Waals surface area contributed by atoms with Gasteiger partial charge in [-0.05, 0) is 38.5 Å². The molecule has 0 aromatic heterocycles. The van der Waals surface area contributed by atoms with Crippen LogP contribution in [0.15, 0.2) is 29.3 Å². The Balaban J connectivity index is 2.50. The number of carbonyl (C=O) groups excluding carboxylic acids is 1. The van der Waals surface area contributed by atoms with Crippen LogP contribution in [0.5, 0.6) is 0 Å². The first-order valence-corrected chi connectivity index (χ1v) is 8.51. The Morgan fingerprint density at radius 3 is 2.71 bits per heavy atom. The summed E-state index contributed by atoms with van der Waals surface area (Å²) < 4.78 is 4.62. The summed E-state index contributed by atoms with van der Waals surface area (Å²) in [5, 5.41) is 6.49. The number of anilines is 1. The number of rotatable bonds is 9. The fraction of sp³-hybridized carbons (Fsp3) is 0.556. The van der Waals surface area contributed by atoms with Gasteiger partial charge in [-0.15, -0.1) is 0 Å². The number of nitrogens with one attached hydrogen (secondary N) is 2. The first kappa shape index (κ1) is 19.8. The Labute approximate surface area is 145 Å². The van der Waals surface area contributed by atoms with Gasteiger partial charge in [-0.1, -0.05) is 12.1 Å². The number of carbonyl (C=O) groups is 1. The maximum atomic E-state index is 11.1. The lowest BCUT2D eigenvalue weighted by Crippen LogP contribution is -2.41. The number of hydrogen-bond acceptors (Lipinski definition) is 4. The lowest BCUT2D eigenvalue weighted by molar-refractivity contribution is -0.140. The van der Waals surface area contributed by atoms with Crippen molar-refractivity contribution in [2.45, 2.75) is 27.2 Å². The molecule has 0 amide bonds. The van der Waals surface area contributed by atoms with Gasteiger partial charge in [0.1, 0.15) is 0 Å². The molecule has 2 N–H and O–H groups in total. The second-order valence-electron chi connectivity index (χ2n) is 5.43. The number of guanidine groups is 1. The van der Waals surface area contributed by atoms with Gasteiger partial charge in [0.15, 0.2) is 5.96 Å². The van der Waals surface area contributed by atoms with Crippen LogP contribution in [0.1, 0.15) is 25.8 Å². The Hall–Kier alpha value is -2.24. The minimum atomic E-state index is -0.244. The number of aliphatic imine (C=N–C) groups is 1. The minimum Gasteiger partial charge on any atom is -0.469 e. The molecule has 0 radical (unpaired) electrons. The maximum Gasteiger partial charge on any atom is 0.307 e. The number of aryl methyl sites for hydroxylation is 1. The molecular weight excluding hydrogens is 304 g/mol. The summed E-state index contributed by atoms with van der Waals surface area (Å²) >= 11 is 0. The van der Waals surface area contributed by atoms with Crippen molar-refractivity contribution in [1.82, 2.24) is 10.6 Å². The minimum absolute atomic E-state index is 0.244. The fourth-order valence-corrected chi connectivity index (χ4v) is 2.31. The highest BCUT2D eigenvalue weighted by atomic mass is 16.5. The molecule has 1 aromatic rings. The molecule has 0 bridgehead atoms. The van der Waals surface area contributed by atoms with E-state index in [9.17, 15) is 4.79 Å². The van der Waals surface area contributed by atoms with E-state index >= 15 is 0 Å². The molecule has 0 heterocycles. The summed E-state index contributed by atoms with van der Waals surface area (Å²) in [6.45, 7) is 10.1. The van der Waals surface area contributed by atoms with E-state index < -0.39 is 0 Å². The Morgan fingerprint density at radius 2 is 2.08 bits per heavy atom. The summed E-state index contributed by atoms with van der Waals surface area (Å²) in [6, 6.07) is 8.51. The Morgan fingerprint density at radius 1 is 1.29 bits per heavy atom. The lowest BCUT2D eigenvalue weighted by atomic mass is 10.2. The third kappa shape index (κ3) is 7.35. The van der Waals surface area contributed by atoms with Crippen molar-refractivity contribution in [2.24, 2.45) is 4.99 Å². The smallest absolute Gasteiger partial charge is 0.307 e. The molecule has 24 heavy (non-hydrogen) atoms. The molecule has 6 heteroatoms. The van der Waals surface area contributed by atoms with E-state index in [1.54, 1.807) is 0 Å². The number of methoxy groups -OCH3 is 1. The molecule has 0 saturated carbocycles. The van der Waals surface area contributed by atoms with Crippen molar-refractivity contribution < 1.29 is 9.53 Å². The average molecular weight is 334 g/mol. The van der Waals surface area contributed by atoms with E-state index in [1.165, 1.54) is 18.4 Å². The standard InChI is InChI=1S/C18H30N4O2/c1-5-19-18(20-11-10-17(23)24-4)21-12-13-22(6-2)16-9-7-8-15(3)14-16/h7-9,14H,5-6,10-13H2,1-4H3,(H2,19,20,21). The molecule has 0 spiro atoms. The predicted molar refractivity (Wildman–Crippen MR) is 99.7 cm³/mol. The predicted octanol–water partition coefficient (Wildman–Crippen LogP) is 1.94. The Kier molecular flexibility index (Phi) is 9.34. The molecule has 0 fully saturated rings. The zero-order valence-corrected chi connectivity index (χ0v) is 15.3. The molecule has 0 aliphatic carbocycles. The first-order chi connectivity index (χ1) is 11.6. The SMILES string of the molecule is CCNC(=NCCC(=O)OC)NCCN(CC)c1cccc(C)c1. The van der Waals surface area contributed by atoms with E-state index in [4.69, 9.17) is 0 Å². The van der Waals surface area contributed by atoms with E-state index in [0.717, 1.165) is 32.1 Å². The van der Waals surface area contributed by atoms with Crippen LogP contribution in [0, 0.1) is 6.92 Å². The van der Waals surface area contributed by atoms with Crippen LogP contribution in [0.2, 0.25) is 0 Å². The monoisotopic (exact) mass is 334 g/mol. The second-order valence-corrected chi connectivity index (χ2v) is 5.43. The number of likely N-dealkylation sites (N-methyl/N-ethyl adjacent to an activating group) is 1. The van der Waals surface area contributed by atoms with Crippen LogP contribution < -0.4 is 15.5 Å². The van der Waals surface area contributed by atoms with Crippen LogP contribution in [0.25, 0.3) is 0 Å². The van der Waals surface area contributed by atoms with Gasteiger partial charge in [0, 0.05) is 31.9 Å². The van der Waals surface area contributed by atoms with Gasteiger partial charge >= 0.3 is 5.97 Å². The normalized spacial score (nSPS) is 11.1. The zero-order valence-electron chi connectivity index (χ0n) is 15.3. The largest absolute Gasteiger partial charge is 0.469 e. The zero-order chi connectivity index (χ0) is 17.8. The highest BCUT2D eigenvalue weighted by Gasteiger charge is 2.05. The quantitative estimate of drug-likeness (QED) is 0.410. The van der Waals surface area contributed by atoms with Crippen LogP contribution in [-0.2, 0) is 9.53 Å². The number of esters is 1. The highest BCUT2D eigenvalue weighted by molar-refractivity contribution is 5.80. The number of hydrogen-bond donors (Lipinski definition) is 2. The molecule has 6 nitrogen and oxygen atoms in total. The molecule has 1 rings (SSSR count). The number of ether oxygens (including phenoxy) is 1. The Bertz CT molecular complexity index is 532. The molecule has 0 saturated heterocycles. The van der Waals surface area contributed by atoms with Gasteiger partial charge in [-0.3, -0.25) is 9.79 Å². The van der Waals surface area contributed by atoms with E-state index in [1.807, 2.05) is 6.92 Å². The molecule has 1 aromatic carbocycles. The summed E-state index contributed by atoms with van der Waals surface area (Å²) in [5.74, 6) is 0.480. The van der Waals surface area contributed by atoms with E-state index in [-0.39, 0.29) is 12.4 Å². The van der Waals surface area contributed by atoms with Crippen molar-refractivity contribution >= 4 is 17.6 Å². The summed E-state index contributed by atoms with van der Waals surface area (Å²) in [4.78, 5) is 17.8. The highest BCUT2D eigenvalue weighted by Crippen LogP contribution is 2.14. The molecule has 0 aliphatic heterocycles. The molecular formula is C18H30N4O2. The number of benzene rings is 1. The fourth-order valence-electron chi connectivity index (χ4n) is 2.31. The summed E-state index contributed by atoms with van der Waals surface area (Å²) in [7, 11) is 1.39. The van der Waals surface area contributed by atoms with Crippen molar-refractivity contribution in [3.8, 4) is 0 Å². The first-order valence-electron chi connectivity index (χ1n) is 8.51. The second kappa shape index (κ2) is 11.3. The van der Waals surface area contributed by atoms with Crippen molar-refractivity contribution in [3.05, 3.63) is 29.8 Å². The van der Waals surface area contributed by atoms with Gasteiger partial charge in [0.25, 0.3) is 0 Å². The van der Waals surface area contributed by atoms with Crippen molar-refractivity contribution in [2.75, 3.05) is 44.7 Å². The molecule has 134 valence electrons. The van der Waals surface area contributed by atoms with Crippen LogP contribution in [0.4, 0.5) is 5.69 Å². The van der Waals surface area contributed by atoms with Crippen LogP contribution in [-0.4, -0.2) is 51.8 Å². The maximum absolute atomic E-state index is 11.1. The van der Waals surface area contributed by atoms with Gasteiger partial charge in [0.2, 0.25) is 0 Å². The van der Waals surface area contributed by atoms with Crippen LogP contribution in [0.3, 0.4) is 0 Å². The van der Waals surface area contributed by atoms with Gasteiger partial charge < -0.3 is 20.3 Å². The third-order valence-corrected chi connectivity index (χ3v) is 3.58. The molecule has 0 unspecified atom stereocenters. The van der Waals surface area contributed by atoms with Gasteiger partial charge in [-0.25, -0.2) is 0 Å². The van der Waals surface area contributed by atoms with E-state index in [2.05, 4.69) is 63.4 Å². The van der Waals surface area contributed by atoms with Crippen molar-refractivity contribution in [3.63, 3.8) is 0 Å². The lowest BCUT2D eigenvalue weighted by Gasteiger charge is -2.24. The van der Waals surface area contributed by atoms with Gasteiger partial charge in [0.05, 0.1) is 20.1 Å². The van der Waals surface area contributed by atoms with Crippen molar-refractivity contribution in [1.29, 1.82) is 0 Å². The van der Waals surface area contributed by atoms with E-state index in [0.29, 0.717) is 6.54 Å². The third-order valence-electron chi connectivity index (χ3n) is 3.58. The topological polar surface area (TPSA) is 66.0 Å². The molecule has 0 aliphatic rings. The number of nitrogens with zero attached hydrogens (tertiary/aromatic N) is 2.